The monoisotopic (exact) mass is 128 g/mol. The molecule has 0 saturated carbocycles. The van der Waals surface area contributed by atoms with Gasteiger partial charge in [-0.2, -0.15) is 0 Å². The van der Waals surface area contributed by atoms with Crippen molar-refractivity contribution in [3.8, 4) is 0 Å². The van der Waals surface area contributed by atoms with Crippen molar-refractivity contribution >= 4 is 5.78 Å². The summed E-state index contributed by atoms with van der Waals surface area (Å²) >= 11 is 0. The topological polar surface area (TPSA) is 37.3 Å². The lowest BCUT2D eigenvalue weighted by atomic mass is 10.2. The van der Waals surface area contributed by atoms with Gasteiger partial charge in [0.2, 0.25) is 0 Å². The molecule has 0 aromatic rings. The Morgan fingerprint density at radius 1 is 1.78 bits per heavy atom. The third kappa shape index (κ3) is 5.24. The number of carbonyl (C=O) groups is 1. The lowest BCUT2D eigenvalue weighted by Crippen LogP contribution is -1.99. The van der Waals surface area contributed by atoms with Crippen molar-refractivity contribution in [3.63, 3.8) is 0 Å². The van der Waals surface area contributed by atoms with Gasteiger partial charge in [0, 0.05) is 0 Å². The summed E-state index contributed by atoms with van der Waals surface area (Å²) in [4.78, 5) is 10.3. The molecule has 0 spiro atoms. The van der Waals surface area contributed by atoms with Crippen LogP contribution in [0.15, 0.2) is 12.2 Å². The quantitative estimate of drug-likeness (QED) is 0.573. The van der Waals surface area contributed by atoms with E-state index in [1.165, 1.54) is 19.1 Å². The highest BCUT2D eigenvalue weighted by molar-refractivity contribution is 5.87. The first kappa shape index (κ1) is 8.37. The molecule has 2 nitrogen and oxygen atoms in total. The maximum absolute atomic E-state index is 10.3. The Balaban J connectivity index is 3.56. The molecule has 0 fully saturated rings. The standard InChI is InChI=1S/C7H12O2/c1-3-7(9)5-4-6(2)8/h4-5,7,9H,3H2,1-2H3. The first-order chi connectivity index (χ1) is 4.16. The average Bonchev–Trinajstić information content (AvgIpc) is 1.83. The molecule has 0 radical (unpaired) electrons. The van der Waals surface area contributed by atoms with Crippen LogP contribution < -0.4 is 0 Å². The second-order valence-electron chi connectivity index (χ2n) is 1.95. The largest absolute Gasteiger partial charge is 0.389 e. The molecule has 0 aliphatic heterocycles. The second-order valence-corrected chi connectivity index (χ2v) is 1.95. The van der Waals surface area contributed by atoms with E-state index in [9.17, 15) is 4.79 Å². The Kier molecular flexibility index (Phi) is 3.97. The summed E-state index contributed by atoms with van der Waals surface area (Å²) in [6, 6.07) is 0. The van der Waals surface area contributed by atoms with Crippen molar-refractivity contribution in [2.75, 3.05) is 0 Å². The van der Waals surface area contributed by atoms with Gasteiger partial charge in [0.15, 0.2) is 5.78 Å². The zero-order valence-electron chi connectivity index (χ0n) is 5.79. The van der Waals surface area contributed by atoms with Crippen LogP contribution in [-0.4, -0.2) is 17.0 Å². The van der Waals surface area contributed by atoms with Gasteiger partial charge in [-0.05, 0) is 19.4 Å². The number of carbonyl (C=O) groups excluding carboxylic acids is 1. The van der Waals surface area contributed by atoms with Gasteiger partial charge in [-0.1, -0.05) is 13.0 Å². The molecule has 1 unspecified atom stereocenters. The molecular weight excluding hydrogens is 116 g/mol. The van der Waals surface area contributed by atoms with Gasteiger partial charge in [0.05, 0.1) is 6.10 Å². The number of aliphatic hydroxyl groups is 1. The van der Waals surface area contributed by atoms with E-state index >= 15 is 0 Å². The predicted molar refractivity (Wildman–Crippen MR) is 36.1 cm³/mol. The van der Waals surface area contributed by atoms with Crippen LogP contribution in [0.2, 0.25) is 0 Å². The predicted octanol–water partition coefficient (Wildman–Crippen LogP) is 0.902. The fourth-order valence-corrected chi connectivity index (χ4v) is 0.383. The van der Waals surface area contributed by atoms with Crippen LogP contribution in [0.4, 0.5) is 0 Å². The van der Waals surface area contributed by atoms with Crippen LogP contribution in [0.3, 0.4) is 0 Å². The smallest absolute Gasteiger partial charge is 0.152 e. The number of ketones is 1. The number of hydrogen-bond donors (Lipinski definition) is 1. The van der Waals surface area contributed by atoms with Crippen molar-refractivity contribution in [3.05, 3.63) is 12.2 Å². The normalized spacial score (nSPS) is 14.1. The molecule has 0 saturated heterocycles. The van der Waals surface area contributed by atoms with Crippen LogP contribution in [0.5, 0.6) is 0 Å². The molecule has 0 aliphatic carbocycles. The van der Waals surface area contributed by atoms with E-state index in [0.29, 0.717) is 6.42 Å². The molecule has 0 aliphatic rings. The third-order valence-corrected chi connectivity index (χ3v) is 0.971. The first-order valence-corrected chi connectivity index (χ1v) is 3.03. The summed E-state index contributed by atoms with van der Waals surface area (Å²) in [7, 11) is 0. The summed E-state index contributed by atoms with van der Waals surface area (Å²) in [6.45, 7) is 3.31. The molecule has 0 aromatic heterocycles. The van der Waals surface area contributed by atoms with Crippen LogP contribution in [0.25, 0.3) is 0 Å². The molecule has 0 amide bonds. The third-order valence-electron chi connectivity index (χ3n) is 0.971. The lowest BCUT2D eigenvalue weighted by molar-refractivity contribution is -0.112. The highest BCUT2D eigenvalue weighted by atomic mass is 16.3. The Morgan fingerprint density at radius 2 is 2.33 bits per heavy atom. The van der Waals surface area contributed by atoms with Gasteiger partial charge >= 0.3 is 0 Å². The minimum atomic E-state index is -0.464. The number of hydrogen-bond acceptors (Lipinski definition) is 2. The minimum Gasteiger partial charge on any atom is -0.389 e. The fourth-order valence-electron chi connectivity index (χ4n) is 0.383. The van der Waals surface area contributed by atoms with Crippen LogP contribution in [0, 0.1) is 0 Å². The fraction of sp³-hybridized carbons (Fsp3) is 0.571. The van der Waals surface area contributed by atoms with Gasteiger partial charge in [0.25, 0.3) is 0 Å². The van der Waals surface area contributed by atoms with Gasteiger partial charge < -0.3 is 5.11 Å². The van der Waals surface area contributed by atoms with E-state index < -0.39 is 6.10 Å². The number of allylic oxidation sites excluding steroid dienone is 1. The van der Waals surface area contributed by atoms with Crippen molar-refractivity contribution in [2.45, 2.75) is 26.4 Å². The van der Waals surface area contributed by atoms with Crippen molar-refractivity contribution in [1.29, 1.82) is 0 Å². The Bertz CT molecular complexity index is 116. The molecule has 1 N–H and O–H groups in total. The van der Waals surface area contributed by atoms with Gasteiger partial charge in [-0.3, -0.25) is 4.79 Å². The summed E-state index contributed by atoms with van der Waals surface area (Å²) in [6.07, 6.45) is 3.08. The highest BCUT2D eigenvalue weighted by Gasteiger charge is 1.91. The number of rotatable bonds is 3. The Hall–Kier alpha value is -0.630. The van der Waals surface area contributed by atoms with Crippen molar-refractivity contribution in [2.24, 2.45) is 0 Å². The zero-order valence-corrected chi connectivity index (χ0v) is 5.79. The molecule has 2 heteroatoms. The van der Waals surface area contributed by atoms with E-state index in [-0.39, 0.29) is 5.78 Å². The molecular formula is C7H12O2. The van der Waals surface area contributed by atoms with Crippen LogP contribution in [-0.2, 0) is 4.79 Å². The summed E-state index contributed by atoms with van der Waals surface area (Å²) in [5.74, 6) is -0.0255. The molecule has 9 heavy (non-hydrogen) atoms. The molecule has 0 heterocycles. The average molecular weight is 128 g/mol. The van der Waals surface area contributed by atoms with E-state index in [1.807, 2.05) is 6.92 Å². The maximum atomic E-state index is 10.3. The van der Waals surface area contributed by atoms with E-state index in [4.69, 9.17) is 5.11 Å². The van der Waals surface area contributed by atoms with E-state index in [2.05, 4.69) is 0 Å². The maximum Gasteiger partial charge on any atom is 0.152 e. The summed E-state index contributed by atoms with van der Waals surface area (Å²) in [5.41, 5.74) is 0. The number of aliphatic hydroxyl groups excluding tert-OH is 1. The molecule has 52 valence electrons. The van der Waals surface area contributed by atoms with E-state index in [0.717, 1.165) is 0 Å². The van der Waals surface area contributed by atoms with Crippen LogP contribution in [0.1, 0.15) is 20.3 Å². The summed E-state index contributed by atoms with van der Waals surface area (Å²) in [5, 5.41) is 8.87. The first-order valence-electron chi connectivity index (χ1n) is 3.03. The lowest BCUT2D eigenvalue weighted by Gasteiger charge is -1.96. The molecule has 1 atom stereocenters. The Morgan fingerprint density at radius 3 is 2.67 bits per heavy atom. The van der Waals surface area contributed by atoms with Crippen molar-refractivity contribution in [1.82, 2.24) is 0 Å². The minimum absolute atomic E-state index is 0.0255. The SMILES string of the molecule is CCC(O)C=CC(C)=O. The highest BCUT2D eigenvalue weighted by Crippen LogP contribution is 1.90. The van der Waals surface area contributed by atoms with Gasteiger partial charge in [0.1, 0.15) is 0 Å². The van der Waals surface area contributed by atoms with E-state index in [1.54, 1.807) is 0 Å². The molecule has 0 bridgehead atoms. The van der Waals surface area contributed by atoms with Crippen LogP contribution >= 0.6 is 0 Å². The Labute approximate surface area is 55.2 Å². The molecule has 0 aromatic carbocycles. The van der Waals surface area contributed by atoms with Gasteiger partial charge in [-0.15, -0.1) is 0 Å². The molecule has 0 rings (SSSR count). The zero-order chi connectivity index (χ0) is 7.28. The van der Waals surface area contributed by atoms with Gasteiger partial charge in [-0.25, -0.2) is 0 Å². The second kappa shape index (κ2) is 4.27. The summed E-state index contributed by atoms with van der Waals surface area (Å²) < 4.78 is 0. The van der Waals surface area contributed by atoms with Crippen molar-refractivity contribution < 1.29 is 9.90 Å².